The molecule has 4 nitrogen and oxygen atoms in total. The Balaban J connectivity index is 1.94. The van der Waals surface area contributed by atoms with Gasteiger partial charge in [-0.25, -0.2) is 4.79 Å². The normalized spacial score (nSPS) is 44.8. The lowest BCUT2D eigenvalue weighted by Crippen LogP contribution is -2.61. The first-order valence-electron chi connectivity index (χ1n) is 9.62. The maximum absolute atomic E-state index is 13.2. The number of ether oxygens (including phenoxy) is 1. The van der Waals surface area contributed by atoms with Crippen LogP contribution in [0.2, 0.25) is 0 Å². The van der Waals surface area contributed by atoms with Gasteiger partial charge in [-0.3, -0.25) is 4.79 Å². The van der Waals surface area contributed by atoms with E-state index in [1.807, 2.05) is 0 Å². The molecule has 0 aromatic rings. The summed E-state index contributed by atoms with van der Waals surface area (Å²) in [4.78, 5) is 24.8. The number of ketones is 1. The number of aliphatic hydroxyl groups is 1. The molecular weight excluding hydrogens is 316 g/mol. The molecule has 3 fully saturated rings. The number of Topliss-reactive ketones (excluding diaryl/α,β-unsaturated/α-hetero) is 1. The topological polar surface area (TPSA) is 63.6 Å². The number of carbonyl (C=O) groups excluding carboxylic acids is 2. The Morgan fingerprint density at radius 2 is 1.96 bits per heavy atom. The third-order valence-corrected chi connectivity index (χ3v) is 7.82. The van der Waals surface area contributed by atoms with Gasteiger partial charge in [-0.1, -0.05) is 33.3 Å². The number of hydrogen-bond donors (Lipinski definition) is 1. The third-order valence-electron chi connectivity index (χ3n) is 7.82. The summed E-state index contributed by atoms with van der Waals surface area (Å²) in [7, 11) is 1.40. The molecule has 0 aromatic carbocycles. The Kier molecular flexibility index (Phi) is 4.64. The second-order valence-electron chi connectivity index (χ2n) is 9.33. The van der Waals surface area contributed by atoms with Crippen LogP contribution in [-0.2, 0) is 14.3 Å². The molecule has 0 unspecified atom stereocenters. The van der Waals surface area contributed by atoms with Crippen LogP contribution in [0.3, 0.4) is 0 Å². The Hall–Kier alpha value is -1.16. The van der Waals surface area contributed by atoms with Crippen LogP contribution in [0.5, 0.6) is 0 Å². The van der Waals surface area contributed by atoms with Gasteiger partial charge in [-0.2, -0.15) is 0 Å². The lowest BCUT2D eigenvalue weighted by molar-refractivity contribution is -0.175. The fourth-order valence-electron chi connectivity index (χ4n) is 6.48. The SMILES string of the molecule is COC(=O)/C=C1\CC[C@H]2[C@@H](CC(=O)[C@H]3C(C)(C)[C@@H](O)CC[C@]23C)[C@H]1C. The minimum Gasteiger partial charge on any atom is -0.466 e. The summed E-state index contributed by atoms with van der Waals surface area (Å²) < 4.78 is 4.79. The fourth-order valence-corrected chi connectivity index (χ4v) is 6.48. The van der Waals surface area contributed by atoms with E-state index in [0.29, 0.717) is 24.0 Å². The van der Waals surface area contributed by atoms with Crippen molar-refractivity contribution >= 4 is 11.8 Å². The Bertz CT molecular complexity index is 605. The van der Waals surface area contributed by atoms with E-state index in [-0.39, 0.29) is 28.6 Å². The number of carbonyl (C=O) groups is 2. The summed E-state index contributed by atoms with van der Waals surface area (Å²) in [6.45, 7) is 8.56. The van der Waals surface area contributed by atoms with Crippen molar-refractivity contribution in [2.24, 2.45) is 34.5 Å². The van der Waals surface area contributed by atoms with Crippen molar-refractivity contribution in [3.05, 3.63) is 11.6 Å². The van der Waals surface area contributed by atoms with Crippen LogP contribution < -0.4 is 0 Å². The van der Waals surface area contributed by atoms with E-state index in [0.717, 1.165) is 31.3 Å². The summed E-state index contributed by atoms with van der Waals surface area (Å²) in [5, 5.41) is 10.5. The molecule has 6 atom stereocenters. The number of hydrogen-bond acceptors (Lipinski definition) is 4. The highest BCUT2D eigenvalue weighted by Crippen LogP contribution is 2.63. The van der Waals surface area contributed by atoms with Crippen LogP contribution in [0, 0.1) is 34.5 Å². The highest BCUT2D eigenvalue weighted by Gasteiger charge is 2.61. The molecule has 0 aromatic heterocycles. The second-order valence-corrected chi connectivity index (χ2v) is 9.33. The van der Waals surface area contributed by atoms with Crippen molar-refractivity contribution in [2.45, 2.75) is 65.9 Å². The van der Waals surface area contributed by atoms with E-state index >= 15 is 0 Å². The Morgan fingerprint density at radius 1 is 1.28 bits per heavy atom. The number of methoxy groups -OCH3 is 1. The van der Waals surface area contributed by atoms with E-state index < -0.39 is 6.10 Å². The van der Waals surface area contributed by atoms with Crippen LogP contribution in [0.15, 0.2) is 11.6 Å². The number of allylic oxidation sites excluding steroid dienone is 1. The predicted octanol–water partition coefficient (Wildman–Crippen LogP) is 3.52. The smallest absolute Gasteiger partial charge is 0.330 e. The van der Waals surface area contributed by atoms with Gasteiger partial charge in [-0.15, -0.1) is 0 Å². The van der Waals surface area contributed by atoms with Crippen molar-refractivity contribution < 1.29 is 19.4 Å². The zero-order valence-corrected chi connectivity index (χ0v) is 16.2. The molecule has 3 aliphatic rings. The van der Waals surface area contributed by atoms with E-state index in [2.05, 4.69) is 27.7 Å². The minimum absolute atomic E-state index is 0.0478. The monoisotopic (exact) mass is 348 g/mol. The number of esters is 1. The zero-order chi connectivity index (χ0) is 18.6. The molecule has 3 aliphatic carbocycles. The van der Waals surface area contributed by atoms with Crippen molar-refractivity contribution in [1.82, 2.24) is 0 Å². The summed E-state index contributed by atoms with van der Waals surface area (Å²) >= 11 is 0. The van der Waals surface area contributed by atoms with Gasteiger partial charge in [0.15, 0.2) is 0 Å². The molecule has 1 N–H and O–H groups in total. The van der Waals surface area contributed by atoms with Gasteiger partial charge in [0.2, 0.25) is 0 Å². The molecular formula is C21H32O4. The highest BCUT2D eigenvalue weighted by molar-refractivity contribution is 5.85. The molecule has 140 valence electrons. The Labute approximate surface area is 151 Å². The van der Waals surface area contributed by atoms with E-state index in [1.54, 1.807) is 6.08 Å². The van der Waals surface area contributed by atoms with E-state index in [1.165, 1.54) is 7.11 Å². The third kappa shape index (κ3) is 2.77. The summed E-state index contributed by atoms with van der Waals surface area (Å²) in [6, 6.07) is 0. The van der Waals surface area contributed by atoms with Crippen molar-refractivity contribution in [3.8, 4) is 0 Å². The summed E-state index contributed by atoms with van der Waals surface area (Å²) in [5.41, 5.74) is 0.715. The van der Waals surface area contributed by atoms with Gasteiger partial charge >= 0.3 is 5.97 Å². The molecule has 0 bridgehead atoms. The lowest BCUT2D eigenvalue weighted by Gasteiger charge is -2.61. The molecule has 0 spiro atoms. The predicted molar refractivity (Wildman–Crippen MR) is 95.7 cm³/mol. The van der Waals surface area contributed by atoms with Crippen molar-refractivity contribution in [2.75, 3.05) is 7.11 Å². The number of fused-ring (bicyclic) bond motifs is 3. The molecule has 0 amide bonds. The first kappa shape index (κ1) is 18.6. The molecule has 4 heteroatoms. The van der Waals surface area contributed by atoms with Crippen LogP contribution in [0.1, 0.15) is 59.8 Å². The molecule has 0 heterocycles. The van der Waals surface area contributed by atoms with Crippen LogP contribution in [-0.4, -0.2) is 30.1 Å². The van der Waals surface area contributed by atoms with Gasteiger partial charge in [0.25, 0.3) is 0 Å². The van der Waals surface area contributed by atoms with Crippen LogP contribution >= 0.6 is 0 Å². The quantitative estimate of drug-likeness (QED) is 0.582. The summed E-state index contributed by atoms with van der Waals surface area (Å²) in [5.74, 6) is 0.946. The van der Waals surface area contributed by atoms with Crippen LogP contribution in [0.25, 0.3) is 0 Å². The molecule has 3 saturated carbocycles. The Morgan fingerprint density at radius 3 is 2.60 bits per heavy atom. The first-order valence-corrected chi connectivity index (χ1v) is 9.62. The van der Waals surface area contributed by atoms with E-state index in [9.17, 15) is 14.7 Å². The number of rotatable bonds is 1. The zero-order valence-electron chi connectivity index (χ0n) is 16.2. The van der Waals surface area contributed by atoms with Crippen molar-refractivity contribution in [1.29, 1.82) is 0 Å². The molecule has 0 radical (unpaired) electrons. The molecule has 3 rings (SSSR count). The summed E-state index contributed by atoms with van der Waals surface area (Å²) in [6.07, 6.45) is 5.41. The highest BCUT2D eigenvalue weighted by atomic mass is 16.5. The average Bonchev–Trinajstić information content (AvgIpc) is 2.54. The van der Waals surface area contributed by atoms with Crippen molar-refractivity contribution in [3.63, 3.8) is 0 Å². The second kappa shape index (κ2) is 6.22. The average molecular weight is 348 g/mol. The van der Waals surface area contributed by atoms with Gasteiger partial charge in [0, 0.05) is 23.8 Å². The fraction of sp³-hybridized carbons (Fsp3) is 0.810. The minimum atomic E-state index is -0.401. The molecule has 0 aliphatic heterocycles. The first-order chi connectivity index (χ1) is 11.6. The lowest BCUT2D eigenvalue weighted by atomic mass is 9.42. The maximum Gasteiger partial charge on any atom is 0.330 e. The van der Waals surface area contributed by atoms with E-state index in [4.69, 9.17) is 4.74 Å². The van der Waals surface area contributed by atoms with Gasteiger partial charge in [0.1, 0.15) is 5.78 Å². The molecule has 25 heavy (non-hydrogen) atoms. The van der Waals surface area contributed by atoms with Crippen LogP contribution in [0.4, 0.5) is 0 Å². The maximum atomic E-state index is 13.2. The van der Waals surface area contributed by atoms with Gasteiger partial charge < -0.3 is 9.84 Å². The van der Waals surface area contributed by atoms with Gasteiger partial charge in [0.05, 0.1) is 13.2 Å². The molecule has 0 saturated heterocycles. The standard InChI is InChI=1S/C21H32O4/c1-12-13(10-18(24)25-5)6-7-15-14(12)11-16(22)19-20(2,3)17(23)8-9-21(15,19)4/h10,12,14-15,17,19,23H,6-9,11H2,1-5H3/b13-10+/t12-,14-,15-,17-,19-,21+/m0/s1. The largest absolute Gasteiger partial charge is 0.466 e. The van der Waals surface area contributed by atoms with Gasteiger partial charge in [-0.05, 0) is 48.9 Å². The number of aliphatic hydroxyl groups excluding tert-OH is 1.